The van der Waals surface area contributed by atoms with E-state index >= 15 is 0 Å². The van der Waals surface area contributed by atoms with E-state index in [1.807, 2.05) is 4.90 Å². The van der Waals surface area contributed by atoms with Crippen LogP contribution in [-0.4, -0.2) is 59.6 Å². The molecule has 1 saturated heterocycles. The van der Waals surface area contributed by atoms with E-state index in [9.17, 15) is 14.0 Å². The second-order valence-corrected chi connectivity index (χ2v) is 4.95. The molecule has 0 saturated carbocycles. The molecule has 1 aromatic rings. The highest BCUT2D eigenvalue weighted by Gasteiger charge is 2.20. The molecule has 1 heterocycles. The summed E-state index contributed by atoms with van der Waals surface area (Å²) in [7, 11) is 0. The Bertz CT molecular complexity index is 507. The number of urea groups is 1. The van der Waals surface area contributed by atoms with E-state index < -0.39 is 5.97 Å². The van der Waals surface area contributed by atoms with E-state index in [1.54, 1.807) is 4.90 Å². The Hall–Kier alpha value is -2.15. The first-order valence-corrected chi connectivity index (χ1v) is 6.80. The lowest BCUT2D eigenvalue weighted by molar-refractivity contribution is -0.138. The predicted octanol–water partition coefficient (Wildman–Crippen LogP) is 1.45. The van der Waals surface area contributed by atoms with Crippen LogP contribution in [0.15, 0.2) is 24.3 Å². The van der Waals surface area contributed by atoms with Crippen LogP contribution >= 0.6 is 0 Å². The van der Waals surface area contributed by atoms with Crippen molar-refractivity contribution >= 4 is 17.7 Å². The standard InChI is InChI=1S/C14H18FN3O3/c15-11-2-4-12(5-3-11)16-14(21)18-7-1-6-17(8-9-18)10-13(19)20/h2-5H,1,6-10H2,(H,16,21)(H,19,20). The lowest BCUT2D eigenvalue weighted by Crippen LogP contribution is -2.38. The molecule has 0 radical (unpaired) electrons. The molecule has 1 aliphatic rings. The first-order chi connectivity index (χ1) is 10.0. The zero-order valence-corrected chi connectivity index (χ0v) is 11.6. The van der Waals surface area contributed by atoms with Crippen LogP contribution < -0.4 is 5.32 Å². The molecule has 0 bridgehead atoms. The maximum Gasteiger partial charge on any atom is 0.321 e. The van der Waals surface area contributed by atoms with Gasteiger partial charge in [0, 0.05) is 31.9 Å². The number of benzene rings is 1. The first-order valence-electron chi connectivity index (χ1n) is 6.80. The topological polar surface area (TPSA) is 72.9 Å². The van der Waals surface area contributed by atoms with Crippen LogP contribution in [0.2, 0.25) is 0 Å². The largest absolute Gasteiger partial charge is 0.480 e. The number of rotatable bonds is 3. The Morgan fingerprint density at radius 3 is 2.52 bits per heavy atom. The summed E-state index contributed by atoms with van der Waals surface area (Å²) in [6.07, 6.45) is 0.726. The quantitative estimate of drug-likeness (QED) is 0.885. The SMILES string of the molecule is O=C(O)CN1CCCN(C(=O)Nc2ccc(F)cc2)CC1. The average Bonchev–Trinajstić information content (AvgIpc) is 2.66. The zero-order valence-electron chi connectivity index (χ0n) is 11.6. The minimum absolute atomic E-state index is 0.00653. The van der Waals surface area contributed by atoms with Gasteiger partial charge in [-0.1, -0.05) is 0 Å². The number of nitrogens with one attached hydrogen (secondary N) is 1. The van der Waals surface area contributed by atoms with Crippen molar-refractivity contribution < 1.29 is 19.1 Å². The minimum atomic E-state index is -0.862. The minimum Gasteiger partial charge on any atom is -0.480 e. The summed E-state index contributed by atoms with van der Waals surface area (Å²) in [5.41, 5.74) is 0.535. The van der Waals surface area contributed by atoms with Gasteiger partial charge in [-0.25, -0.2) is 9.18 Å². The van der Waals surface area contributed by atoms with Crippen molar-refractivity contribution in [3.63, 3.8) is 0 Å². The smallest absolute Gasteiger partial charge is 0.321 e. The van der Waals surface area contributed by atoms with Gasteiger partial charge in [0.1, 0.15) is 5.82 Å². The Morgan fingerprint density at radius 2 is 1.86 bits per heavy atom. The molecule has 0 atom stereocenters. The molecule has 7 heteroatoms. The lowest BCUT2D eigenvalue weighted by atomic mass is 10.3. The fourth-order valence-electron chi connectivity index (χ4n) is 2.26. The van der Waals surface area contributed by atoms with Crippen LogP contribution in [0.5, 0.6) is 0 Å². The van der Waals surface area contributed by atoms with E-state index in [-0.39, 0.29) is 18.4 Å². The van der Waals surface area contributed by atoms with Crippen molar-refractivity contribution in [3.8, 4) is 0 Å². The van der Waals surface area contributed by atoms with Gasteiger partial charge in [0.2, 0.25) is 0 Å². The first kappa shape index (κ1) is 15.2. The van der Waals surface area contributed by atoms with Gasteiger partial charge in [-0.2, -0.15) is 0 Å². The zero-order chi connectivity index (χ0) is 15.2. The third-order valence-electron chi connectivity index (χ3n) is 3.33. The molecule has 2 amide bonds. The van der Waals surface area contributed by atoms with Crippen LogP contribution in [0.3, 0.4) is 0 Å². The summed E-state index contributed by atoms with van der Waals surface area (Å²) in [6, 6.07) is 5.32. The third kappa shape index (κ3) is 4.71. The second kappa shape index (κ2) is 7.03. The molecule has 114 valence electrons. The highest BCUT2D eigenvalue weighted by molar-refractivity contribution is 5.89. The number of hydrogen-bond acceptors (Lipinski definition) is 3. The molecule has 0 aliphatic carbocycles. The maximum atomic E-state index is 12.8. The van der Waals surface area contributed by atoms with Gasteiger partial charge in [0.15, 0.2) is 0 Å². The molecule has 1 fully saturated rings. The number of aliphatic carboxylic acids is 1. The number of carbonyl (C=O) groups is 2. The summed E-state index contributed by atoms with van der Waals surface area (Å²) in [4.78, 5) is 26.3. The Balaban J connectivity index is 1.88. The highest BCUT2D eigenvalue weighted by atomic mass is 19.1. The number of nitrogens with zero attached hydrogens (tertiary/aromatic N) is 2. The molecule has 0 unspecified atom stereocenters. The number of hydrogen-bond donors (Lipinski definition) is 2. The number of anilines is 1. The molecule has 2 N–H and O–H groups in total. The number of halogens is 1. The molecular weight excluding hydrogens is 277 g/mol. The van der Waals surface area contributed by atoms with Crippen molar-refractivity contribution in [1.82, 2.24) is 9.80 Å². The van der Waals surface area contributed by atoms with Crippen LogP contribution in [0.4, 0.5) is 14.9 Å². The molecule has 0 aromatic heterocycles. The van der Waals surface area contributed by atoms with E-state index in [0.29, 0.717) is 31.9 Å². The lowest BCUT2D eigenvalue weighted by Gasteiger charge is -2.21. The Kier molecular flexibility index (Phi) is 5.10. The van der Waals surface area contributed by atoms with Gasteiger partial charge >= 0.3 is 12.0 Å². The monoisotopic (exact) mass is 295 g/mol. The second-order valence-electron chi connectivity index (χ2n) is 4.95. The van der Waals surface area contributed by atoms with Gasteiger partial charge < -0.3 is 15.3 Å². The fourth-order valence-corrected chi connectivity index (χ4v) is 2.26. The summed E-state index contributed by atoms with van der Waals surface area (Å²) in [5.74, 6) is -1.22. The Morgan fingerprint density at radius 1 is 1.14 bits per heavy atom. The number of carboxylic acid groups (broad SMARTS) is 1. The molecule has 2 rings (SSSR count). The Labute approximate surface area is 122 Å². The summed E-state index contributed by atoms with van der Waals surface area (Å²) >= 11 is 0. The average molecular weight is 295 g/mol. The number of carboxylic acids is 1. The molecule has 1 aromatic carbocycles. The molecule has 0 spiro atoms. The van der Waals surface area contributed by atoms with Crippen molar-refractivity contribution in [2.24, 2.45) is 0 Å². The van der Waals surface area contributed by atoms with Crippen molar-refractivity contribution in [2.75, 3.05) is 38.0 Å². The molecule has 21 heavy (non-hydrogen) atoms. The van der Waals surface area contributed by atoms with E-state index in [1.165, 1.54) is 24.3 Å². The fraction of sp³-hybridized carbons (Fsp3) is 0.429. The van der Waals surface area contributed by atoms with Gasteiger partial charge in [-0.15, -0.1) is 0 Å². The van der Waals surface area contributed by atoms with Gasteiger partial charge in [0.05, 0.1) is 6.54 Å². The molecular formula is C14H18FN3O3. The van der Waals surface area contributed by atoms with Crippen molar-refractivity contribution in [2.45, 2.75) is 6.42 Å². The van der Waals surface area contributed by atoms with E-state index in [4.69, 9.17) is 5.11 Å². The van der Waals surface area contributed by atoms with Gasteiger partial charge in [-0.3, -0.25) is 9.69 Å². The highest BCUT2D eigenvalue weighted by Crippen LogP contribution is 2.10. The predicted molar refractivity (Wildman–Crippen MR) is 75.7 cm³/mol. The molecule has 6 nitrogen and oxygen atoms in total. The van der Waals surface area contributed by atoms with Crippen LogP contribution in [-0.2, 0) is 4.79 Å². The van der Waals surface area contributed by atoms with Crippen molar-refractivity contribution in [1.29, 1.82) is 0 Å². The van der Waals surface area contributed by atoms with Crippen LogP contribution in [0.25, 0.3) is 0 Å². The molecule has 1 aliphatic heterocycles. The van der Waals surface area contributed by atoms with Crippen molar-refractivity contribution in [3.05, 3.63) is 30.1 Å². The van der Waals surface area contributed by atoms with Gasteiger partial charge in [-0.05, 0) is 30.7 Å². The summed E-state index contributed by atoms with van der Waals surface area (Å²) in [5, 5.41) is 11.5. The van der Waals surface area contributed by atoms with E-state index in [0.717, 1.165) is 6.42 Å². The third-order valence-corrected chi connectivity index (χ3v) is 3.33. The van der Waals surface area contributed by atoms with E-state index in [2.05, 4.69) is 5.32 Å². The number of amides is 2. The summed E-state index contributed by atoms with van der Waals surface area (Å²) < 4.78 is 12.8. The maximum absolute atomic E-state index is 12.8. The van der Waals surface area contributed by atoms with Gasteiger partial charge in [0.25, 0.3) is 0 Å². The summed E-state index contributed by atoms with van der Waals surface area (Å²) in [6.45, 7) is 2.23. The van der Waals surface area contributed by atoms with Crippen LogP contribution in [0, 0.1) is 5.82 Å². The normalized spacial score (nSPS) is 16.3. The van der Waals surface area contributed by atoms with Crippen LogP contribution in [0.1, 0.15) is 6.42 Å². The number of carbonyl (C=O) groups excluding carboxylic acids is 1.